The summed E-state index contributed by atoms with van der Waals surface area (Å²) in [6.07, 6.45) is 0.189. The lowest BCUT2D eigenvalue weighted by Gasteiger charge is -2.31. The molecule has 2 rings (SSSR count). The molecule has 0 saturated heterocycles. The second-order valence-electron chi connectivity index (χ2n) is 7.81. The maximum absolute atomic E-state index is 14.3. The molecule has 0 aliphatic heterocycles. The van der Waals surface area contributed by atoms with E-state index in [-0.39, 0.29) is 41.3 Å². The minimum atomic E-state index is -0.692. The van der Waals surface area contributed by atoms with E-state index in [1.54, 1.807) is 19.2 Å². The van der Waals surface area contributed by atoms with Gasteiger partial charge in [-0.05, 0) is 42.2 Å². The summed E-state index contributed by atoms with van der Waals surface area (Å²) in [6, 6.07) is 10.9. The Balaban J connectivity index is 2.35. The van der Waals surface area contributed by atoms with Gasteiger partial charge in [-0.3, -0.25) is 9.59 Å². The van der Waals surface area contributed by atoms with Gasteiger partial charge >= 0.3 is 0 Å². The molecular formula is C24H30ClFN2O3. The molecule has 0 unspecified atom stereocenters. The first kappa shape index (κ1) is 24.7. The van der Waals surface area contributed by atoms with Crippen LogP contribution in [0.4, 0.5) is 4.39 Å². The van der Waals surface area contributed by atoms with E-state index in [1.807, 2.05) is 39.0 Å². The van der Waals surface area contributed by atoms with Gasteiger partial charge in [-0.15, -0.1) is 0 Å². The van der Waals surface area contributed by atoms with Crippen LogP contribution in [0.3, 0.4) is 0 Å². The molecule has 0 saturated carbocycles. The van der Waals surface area contributed by atoms with Gasteiger partial charge < -0.3 is 15.0 Å². The fourth-order valence-electron chi connectivity index (χ4n) is 3.26. The molecule has 2 aromatic carbocycles. The van der Waals surface area contributed by atoms with Gasteiger partial charge in [0, 0.05) is 23.7 Å². The summed E-state index contributed by atoms with van der Waals surface area (Å²) in [5.41, 5.74) is 0.935. The third-order valence-corrected chi connectivity index (χ3v) is 5.30. The van der Waals surface area contributed by atoms with Crippen LogP contribution in [0.2, 0.25) is 5.02 Å². The molecule has 0 heterocycles. The van der Waals surface area contributed by atoms with Gasteiger partial charge in [0.25, 0.3) is 0 Å². The summed E-state index contributed by atoms with van der Waals surface area (Å²) in [7, 11) is 1.57. The van der Waals surface area contributed by atoms with Crippen molar-refractivity contribution in [3.05, 3.63) is 64.4 Å². The van der Waals surface area contributed by atoms with Crippen molar-refractivity contribution in [1.29, 1.82) is 0 Å². The zero-order valence-electron chi connectivity index (χ0n) is 18.5. The number of hydrogen-bond acceptors (Lipinski definition) is 3. The quantitative estimate of drug-likeness (QED) is 0.577. The average Bonchev–Trinajstić information content (AvgIpc) is 2.74. The van der Waals surface area contributed by atoms with Crippen LogP contribution < -0.4 is 10.1 Å². The fraction of sp³-hybridized carbons (Fsp3) is 0.417. The van der Waals surface area contributed by atoms with Crippen molar-refractivity contribution in [3.63, 3.8) is 0 Å². The molecule has 1 N–H and O–H groups in total. The molecule has 0 fully saturated rings. The van der Waals surface area contributed by atoms with Gasteiger partial charge in [-0.1, -0.05) is 50.6 Å². The lowest BCUT2D eigenvalue weighted by molar-refractivity contribution is -0.141. The highest BCUT2D eigenvalue weighted by atomic mass is 35.5. The molecule has 1 atom stereocenters. The van der Waals surface area contributed by atoms with Crippen molar-refractivity contribution in [1.82, 2.24) is 10.2 Å². The van der Waals surface area contributed by atoms with Crippen LogP contribution in [0, 0.1) is 11.7 Å². The van der Waals surface area contributed by atoms with Crippen molar-refractivity contribution in [2.45, 2.75) is 46.2 Å². The highest BCUT2D eigenvalue weighted by Gasteiger charge is 2.29. The van der Waals surface area contributed by atoms with E-state index in [4.69, 9.17) is 16.3 Å². The van der Waals surface area contributed by atoms with E-state index < -0.39 is 11.9 Å². The van der Waals surface area contributed by atoms with Crippen molar-refractivity contribution in [2.24, 2.45) is 5.92 Å². The van der Waals surface area contributed by atoms with Gasteiger partial charge in [0.1, 0.15) is 17.6 Å². The normalized spacial score (nSPS) is 11.8. The van der Waals surface area contributed by atoms with Crippen LogP contribution in [0.5, 0.6) is 5.75 Å². The largest absolute Gasteiger partial charge is 0.497 e. The minimum absolute atomic E-state index is 0.127. The first-order chi connectivity index (χ1) is 14.8. The molecule has 5 nitrogen and oxygen atoms in total. The Labute approximate surface area is 188 Å². The van der Waals surface area contributed by atoms with Crippen molar-refractivity contribution < 1.29 is 18.7 Å². The minimum Gasteiger partial charge on any atom is -0.497 e. The second-order valence-corrected chi connectivity index (χ2v) is 8.22. The summed E-state index contributed by atoms with van der Waals surface area (Å²) in [6.45, 7) is 6.55. The lowest BCUT2D eigenvalue weighted by Crippen LogP contribution is -2.50. The Morgan fingerprint density at radius 2 is 1.90 bits per heavy atom. The molecule has 7 heteroatoms. The third kappa shape index (κ3) is 6.96. The van der Waals surface area contributed by atoms with Crippen molar-refractivity contribution in [2.75, 3.05) is 13.7 Å². The average molecular weight is 449 g/mol. The van der Waals surface area contributed by atoms with Crippen LogP contribution >= 0.6 is 11.6 Å². The summed E-state index contributed by atoms with van der Waals surface area (Å²) in [4.78, 5) is 27.7. The summed E-state index contributed by atoms with van der Waals surface area (Å²) in [5.74, 6) is -0.214. The van der Waals surface area contributed by atoms with Crippen LogP contribution in [0.15, 0.2) is 42.5 Å². The number of benzene rings is 2. The SMILES string of the molecule is CC[C@H](C(=O)NCC(C)C)N(Cc1cccc(OC)c1)C(=O)Cc1c(F)cccc1Cl. The number of amides is 2. The molecule has 0 spiro atoms. The molecule has 0 aliphatic carbocycles. The van der Waals surface area contributed by atoms with E-state index in [0.29, 0.717) is 18.7 Å². The maximum atomic E-state index is 14.3. The van der Waals surface area contributed by atoms with E-state index in [1.165, 1.54) is 17.0 Å². The molecular weight excluding hydrogens is 419 g/mol. The Morgan fingerprint density at radius 1 is 1.19 bits per heavy atom. The Bertz CT molecular complexity index is 884. The van der Waals surface area contributed by atoms with E-state index in [9.17, 15) is 14.0 Å². The monoisotopic (exact) mass is 448 g/mol. The molecule has 31 heavy (non-hydrogen) atoms. The van der Waals surface area contributed by atoms with Gasteiger partial charge in [0.2, 0.25) is 11.8 Å². The molecule has 168 valence electrons. The fourth-order valence-corrected chi connectivity index (χ4v) is 3.49. The number of halogens is 2. The number of hydrogen-bond donors (Lipinski definition) is 1. The number of nitrogens with zero attached hydrogens (tertiary/aromatic N) is 1. The topological polar surface area (TPSA) is 58.6 Å². The summed E-state index contributed by atoms with van der Waals surface area (Å²) in [5, 5.41) is 3.09. The highest BCUT2D eigenvalue weighted by molar-refractivity contribution is 6.31. The van der Waals surface area contributed by atoms with Crippen LogP contribution in [0.1, 0.15) is 38.3 Å². The molecule has 2 aromatic rings. The second kappa shape index (κ2) is 11.7. The number of methoxy groups -OCH3 is 1. The van der Waals surface area contributed by atoms with Crippen LogP contribution in [-0.4, -0.2) is 36.4 Å². The van der Waals surface area contributed by atoms with Crippen molar-refractivity contribution in [3.8, 4) is 5.75 Å². The molecule has 0 radical (unpaired) electrons. The molecule has 0 aromatic heterocycles. The Hall–Kier alpha value is -2.60. The first-order valence-electron chi connectivity index (χ1n) is 10.4. The molecule has 0 aliphatic rings. The number of ether oxygens (including phenoxy) is 1. The third-order valence-electron chi connectivity index (χ3n) is 4.95. The summed E-state index contributed by atoms with van der Waals surface area (Å²) >= 11 is 6.13. The van der Waals surface area contributed by atoms with Gasteiger partial charge in [0.15, 0.2) is 0 Å². The zero-order chi connectivity index (χ0) is 23.0. The van der Waals surface area contributed by atoms with Crippen LogP contribution in [-0.2, 0) is 22.6 Å². The predicted octanol–water partition coefficient (Wildman–Crippen LogP) is 4.61. The van der Waals surface area contributed by atoms with Crippen LogP contribution in [0.25, 0.3) is 0 Å². The predicted molar refractivity (Wildman–Crippen MR) is 121 cm³/mol. The number of nitrogens with one attached hydrogen (secondary N) is 1. The van der Waals surface area contributed by atoms with Gasteiger partial charge in [-0.2, -0.15) is 0 Å². The number of rotatable bonds is 10. The highest BCUT2D eigenvalue weighted by Crippen LogP contribution is 2.23. The van der Waals surface area contributed by atoms with E-state index >= 15 is 0 Å². The standard InChI is InChI=1S/C24H30ClFN2O3/c1-5-22(24(30)27-14-16(2)3)28(15-17-8-6-9-18(12-17)31-4)23(29)13-19-20(25)10-7-11-21(19)26/h6-12,16,22H,5,13-15H2,1-4H3,(H,27,30)/t22-/m1/s1. The molecule has 0 bridgehead atoms. The lowest BCUT2D eigenvalue weighted by atomic mass is 10.1. The summed E-state index contributed by atoms with van der Waals surface area (Å²) < 4.78 is 19.6. The Morgan fingerprint density at radius 3 is 2.52 bits per heavy atom. The van der Waals surface area contributed by atoms with E-state index in [2.05, 4.69) is 5.32 Å². The smallest absolute Gasteiger partial charge is 0.242 e. The van der Waals surface area contributed by atoms with E-state index in [0.717, 1.165) is 5.56 Å². The first-order valence-corrected chi connectivity index (χ1v) is 10.8. The zero-order valence-corrected chi connectivity index (χ0v) is 19.2. The number of carbonyl (C=O) groups is 2. The van der Waals surface area contributed by atoms with Gasteiger partial charge in [0.05, 0.1) is 13.5 Å². The molecule has 2 amide bonds. The van der Waals surface area contributed by atoms with Crippen molar-refractivity contribution >= 4 is 23.4 Å². The Kier molecular flexibility index (Phi) is 9.31. The number of carbonyl (C=O) groups excluding carboxylic acids is 2. The van der Waals surface area contributed by atoms with Gasteiger partial charge in [-0.25, -0.2) is 4.39 Å². The maximum Gasteiger partial charge on any atom is 0.242 e.